The van der Waals surface area contributed by atoms with E-state index in [2.05, 4.69) is 52.0 Å². The second-order valence-corrected chi connectivity index (χ2v) is 6.03. The summed E-state index contributed by atoms with van der Waals surface area (Å²) < 4.78 is 5.62. The minimum Gasteiger partial charge on any atom is -0.380 e. The van der Waals surface area contributed by atoms with Crippen LogP contribution in [-0.2, 0) is 4.74 Å². The molecule has 1 aliphatic heterocycles. The molecule has 1 rings (SSSR count). The van der Waals surface area contributed by atoms with E-state index in [0.717, 1.165) is 19.6 Å². The van der Waals surface area contributed by atoms with E-state index in [9.17, 15) is 0 Å². The van der Waals surface area contributed by atoms with Crippen LogP contribution in [0.1, 0.15) is 34.1 Å². The van der Waals surface area contributed by atoms with Gasteiger partial charge in [-0.1, -0.05) is 20.8 Å². The van der Waals surface area contributed by atoms with E-state index in [0.29, 0.717) is 23.5 Å². The van der Waals surface area contributed by atoms with Gasteiger partial charge >= 0.3 is 0 Å². The lowest BCUT2D eigenvalue weighted by molar-refractivity contribution is -0.0218. The van der Waals surface area contributed by atoms with Crippen molar-refractivity contribution in [1.82, 2.24) is 10.2 Å². The first-order chi connectivity index (χ1) is 7.38. The fourth-order valence-electron chi connectivity index (χ4n) is 2.36. The molecule has 1 N–H and O–H groups in total. The quantitative estimate of drug-likeness (QED) is 0.796. The Kier molecular flexibility index (Phi) is 4.77. The molecule has 1 saturated heterocycles. The van der Waals surface area contributed by atoms with Crippen molar-refractivity contribution in [3.8, 4) is 0 Å². The normalized spacial score (nSPS) is 29.4. The van der Waals surface area contributed by atoms with Crippen LogP contribution in [-0.4, -0.2) is 50.3 Å². The zero-order chi connectivity index (χ0) is 12.3. The van der Waals surface area contributed by atoms with Gasteiger partial charge in [-0.2, -0.15) is 0 Å². The molecule has 0 aliphatic carbocycles. The largest absolute Gasteiger partial charge is 0.380 e. The topological polar surface area (TPSA) is 24.5 Å². The molecule has 0 aromatic heterocycles. The minimum absolute atomic E-state index is 0.310. The van der Waals surface area contributed by atoms with Gasteiger partial charge in [0, 0.05) is 24.7 Å². The molecule has 3 atom stereocenters. The summed E-state index contributed by atoms with van der Waals surface area (Å²) in [5, 5.41) is 3.42. The molecule has 96 valence electrons. The average molecular weight is 228 g/mol. The zero-order valence-corrected chi connectivity index (χ0v) is 11.7. The van der Waals surface area contributed by atoms with Crippen LogP contribution >= 0.6 is 0 Å². The Bertz CT molecular complexity index is 212. The van der Waals surface area contributed by atoms with Gasteiger partial charge in [-0.3, -0.25) is 4.90 Å². The lowest BCUT2D eigenvalue weighted by Crippen LogP contribution is -2.57. The highest BCUT2D eigenvalue weighted by atomic mass is 16.5. The Morgan fingerprint density at radius 2 is 2.00 bits per heavy atom. The van der Waals surface area contributed by atoms with Crippen molar-refractivity contribution in [3.05, 3.63) is 0 Å². The number of nitrogens with zero attached hydrogens (tertiary/aromatic N) is 1. The summed E-state index contributed by atoms with van der Waals surface area (Å²) in [7, 11) is 4.28. The van der Waals surface area contributed by atoms with Crippen molar-refractivity contribution >= 4 is 0 Å². The molecule has 1 heterocycles. The van der Waals surface area contributed by atoms with Gasteiger partial charge < -0.3 is 10.1 Å². The third-order valence-electron chi connectivity index (χ3n) is 4.08. The average Bonchev–Trinajstić information content (AvgIpc) is 2.25. The maximum atomic E-state index is 5.62. The first-order valence-electron chi connectivity index (χ1n) is 6.35. The van der Waals surface area contributed by atoms with E-state index in [1.807, 2.05) is 0 Å². The number of likely N-dealkylation sites (N-methyl/N-ethyl adjacent to an activating group) is 2. The molecule has 3 unspecified atom stereocenters. The van der Waals surface area contributed by atoms with E-state index in [4.69, 9.17) is 4.74 Å². The molecule has 0 aromatic rings. The molecular formula is C13H28N2O. The maximum Gasteiger partial charge on any atom is 0.0637 e. The number of hydrogen-bond acceptors (Lipinski definition) is 3. The Balaban J connectivity index is 2.67. The molecule has 1 fully saturated rings. The smallest absolute Gasteiger partial charge is 0.0637 e. The monoisotopic (exact) mass is 228 g/mol. The summed E-state index contributed by atoms with van der Waals surface area (Å²) in [6.45, 7) is 10.9. The molecule has 1 aliphatic rings. The van der Waals surface area contributed by atoms with Crippen molar-refractivity contribution in [3.63, 3.8) is 0 Å². The first kappa shape index (κ1) is 13.9. The lowest BCUT2D eigenvalue weighted by Gasteiger charge is -2.44. The van der Waals surface area contributed by atoms with Crippen molar-refractivity contribution in [2.24, 2.45) is 5.41 Å². The van der Waals surface area contributed by atoms with Gasteiger partial charge in [-0.25, -0.2) is 0 Å². The van der Waals surface area contributed by atoms with Gasteiger partial charge in [0.1, 0.15) is 0 Å². The van der Waals surface area contributed by atoms with Gasteiger partial charge in [-0.15, -0.1) is 0 Å². The van der Waals surface area contributed by atoms with E-state index >= 15 is 0 Å². The Hall–Kier alpha value is -0.120. The van der Waals surface area contributed by atoms with Crippen molar-refractivity contribution < 1.29 is 4.74 Å². The fraction of sp³-hybridized carbons (Fsp3) is 1.00. The Morgan fingerprint density at radius 1 is 1.38 bits per heavy atom. The highest BCUT2D eigenvalue weighted by Gasteiger charge is 2.34. The van der Waals surface area contributed by atoms with Gasteiger partial charge in [0.05, 0.1) is 6.61 Å². The van der Waals surface area contributed by atoms with Gasteiger partial charge in [-0.05, 0) is 32.9 Å². The summed E-state index contributed by atoms with van der Waals surface area (Å²) >= 11 is 0. The highest BCUT2D eigenvalue weighted by molar-refractivity contribution is 4.90. The van der Waals surface area contributed by atoms with E-state index in [-0.39, 0.29) is 0 Å². The molecule has 3 heteroatoms. The number of hydrogen-bond donors (Lipinski definition) is 1. The molecule has 3 nitrogen and oxygen atoms in total. The predicted octanol–water partition coefficient (Wildman–Crippen LogP) is 1.73. The van der Waals surface area contributed by atoms with Crippen LogP contribution in [0.3, 0.4) is 0 Å². The highest BCUT2D eigenvalue weighted by Crippen LogP contribution is 2.26. The van der Waals surface area contributed by atoms with Crippen molar-refractivity contribution in [1.29, 1.82) is 0 Å². The molecule has 0 aromatic carbocycles. The van der Waals surface area contributed by atoms with E-state index in [1.54, 1.807) is 0 Å². The predicted molar refractivity (Wildman–Crippen MR) is 68.8 cm³/mol. The van der Waals surface area contributed by atoms with Crippen LogP contribution in [0.15, 0.2) is 0 Å². The molecule has 0 radical (unpaired) electrons. The molecule has 16 heavy (non-hydrogen) atoms. The first-order valence-corrected chi connectivity index (χ1v) is 6.35. The number of ether oxygens (including phenoxy) is 1. The minimum atomic E-state index is 0.310. The summed E-state index contributed by atoms with van der Waals surface area (Å²) in [6.07, 6.45) is 1.11. The summed E-state index contributed by atoms with van der Waals surface area (Å²) in [5.41, 5.74) is 0.310. The van der Waals surface area contributed by atoms with Crippen LogP contribution in [0.2, 0.25) is 0 Å². The van der Waals surface area contributed by atoms with Gasteiger partial charge in [0.2, 0.25) is 0 Å². The lowest BCUT2D eigenvalue weighted by atomic mass is 9.85. The zero-order valence-electron chi connectivity index (χ0n) is 11.7. The van der Waals surface area contributed by atoms with Gasteiger partial charge in [0.25, 0.3) is 0 Å². The SMILES string of the molecule is CNC1CCOCC1N(C)C(C)C(C)(C)C. The molecule has 0 spiro atoms. The summed E-state index contributed by atoms with van der Waals surface area (Å²) in [6, 6.07) is 1.60. The third-order valence-corrected chi connectivity index (χ3v) is 4.08. The standard InChI is InChI=1S/C13H28N2O/c1-10(13(2,3)4)15(6)12-9-16-8-7-11(12)14-5/h10-12,14H,7-9H2,1-6H3. The number of nitrogens with one attached hydrogen (secondary N) is 1. The molecule has 0 bridgehead atoms. The second-order valence-electron chi connectivity index (χ2n) is 6.03. The summed E-state index contributed by atoms with van der Waals surface area (Å²) in [5.74, 6) is 0. The van der Waals surface area contributed by atoms with E-state index in [1.165, 1.54) is 0 Å². The van der Waals surface area contributed by atoms with Crippen LogP contribution < -0.4 is 5.32 Å². The van der Waals surface area contributed by atoms with Crippen LogP contribution in [0.25, 0.3) is 0 Å². The summed E-state index contributed by atoms with van der Waals surface area (Å²) in [4.78, 5) is 2.47. The van der Waals surface area contributed by atoms with Gasteiger partial charge in [0.15, 0.2) is 0 Å². The molecule has 0 amide bonds. The third kappa shape index (κ3) is 3.19. The fourth-order valence-corrected chi connectivity index (χ4v) is 2.36. The van der Waals surface area contributed by atoms with Crippen LogP contribution in [0, 0.1) is 5.41 Å². The number of rotatable bonds is 3. The Labute approximate surface area is 101 Å². The van der Waals surface area contributed by atoms with E-state index < -0.39 is 0 Å². The van der Waals surface area contributed by atoms with Crippen LogP contribution in [0.4, 0.5) is 0 Å². The van der Waals surface area contributed by atoms with Crippen molar-refractivity contribution in [2.45, 2.75) is 52.2 Å². The Morgan fingerprint density at radius 3 is 2.50 bits per heavy atom. The maximum absolute atomic E-state index is 5.62. The van der Waals surface area contributed by atoms with Crippen LogP contribution in [0.5, 0.6) is 0 Å². The molecule has 0 saturated carbocycles. The molecular weight excluding hydrogens is 200 g/mol. The van der Waals surface area contributed by atoms with Crippen molar-refractivity contribution in [2.75, 3.05) is 27.3 Å². The second kappa shape index (κ2) is 5.48.